The van der Waals surface area contributed by atoms with E-state index in [0.29, 0.717) is 22.9 Å². The summed E-state index contributed by atoms with van der Waals surface area (Å²) in [5.74, 6) is 0.139. The lowest BCUT2D eigenvalue weighted by Crippen LogP contribution is -2.47. The van der Waals surface area contributed by atoms with E-state index in [9.17, 15) is 9.90 Å². The van der Waals surface area contributed by atoms with Crippen molar-refractivity contribution in [3.05, 3.63) is 65.2 Å². The van der Waals surface area contributed by atoms with Crippen LogP contribution in [0.2, 0.25) is 5.02 Å². The van der Waals surface area contributed by atoms with Gasteiger partial charge in [-0.2, -0.15) is 0 Å². The van der Waals surface area contributed by atoms with Gasteiger partial charge in [-0.3, -0.25) is 0 Å². The zero-order valence-corrected chi connectivity index (χ0v) is 20.2. The number of hydrogen-bond acceptors (Lipinski definition) is 4. The molecule has 2 unspecified atom stereocenters. The van der Waals surface area contributed by atoms with E-state index in [0.717, 1.165) is 62.6 Å². The Bertz CT molecular complexity index is 933. The zero-order valence-electron chi connectivity index (χ0n) is 19.4. The molecule has 4 rings (SSSR count). The molecule has 1 N–H and O–H groups in total. The van der Waals surface area contributed by atoms with Crippen LogP contribution in [0.1, 0.15) is 44.1 Å². The Morgan fingerprint density at radius 1 is 1.09 bits per heavy atom. The summed E-state index contributed by atoms with van der Waals surface area (Å²) in [5.41, 5.74) is -0.916. The molecule has 1 saturated carbocycles. The van der Waals surface area contributed by atoms with Crippen molar-refractivity contribution in [1.29, 1.82) is 0 Å². The number of benzene rings is 2. The molecule has 33 heavy (non-hydrogen) atoms. The van der Waals surface area contributed by atoms with Crippen LogP contribution in [0.25, 0.3) is 0 Å². The first-order valence-corrected chi connectivity index (χ1v) is 12.5. The van der Waals surface area contributed by atoms with Crippen molar-refractivity contribution in [3.63, 3.8) is 0 Å². The van der Waals surface area contributed by atoms with E-state index >= 15 is 0 Å². The van der Waals surface area contributed by atoms with Gasteiger partial charge in [-0.1, -0.05) is 66.9 Å². The van der Waals surface area contributed by atoms with E-state index in [1.54, 1.807) is 0 Å². The maximum absolute atomic E-state index is 13.4. The minimum atomic E-state index is -1.56. The Kier molecular flexibility index (Phi) is 7.62. The molecular weight excluding hydrogens is 438 g/mol. The Balaban J connectivity index is 1.32. The number of hydrogen-bond donors (Lipinski definition) is 1. The van der Waals surface area contributed by atoms with Crippen LogP contribution in [0.5, 0.6) is 5.75 Å². The van der Waals surface area contributed by atoms with E-state index in [1.807, 2.05) is 54.6 Å². The van der Waals surface area contributed by atoms with Crippen LogP contribution >= 0.6 is 11.6 Å². The van der Waals surface area contributed by atoms with E-state index in [1.165, 1.54) is 0 Å². The molecule has 2 fully saturated rings. The fourth-order valence-electron chi connectivity index (χ4n) is 5.42. The number of carbonyl (C=O) groups is 1. The van der Waals surface area contributed by atoms with Crippen molar-refractivity contribution >= 4 is 17.6 Å². The molecular formula is C27H35ClNO4+. The lowest BCUT2D eigenvalue weighted by molar-refractivity contribution is -0.899. The van der Waals surface area contributed by atoms with E-state index < -0.39 is 11.6 Å². The monoisotopic (exact) mass is 472 g/mol. The number of likely N-dealkylation sites (N-methyl/N-ethyl adjacent to an activating group) is 1. The van der Waals surface area contributed by atoms with Crippen LogP contribution in [0.15, 0.2) is 54.6 Å². The molecule has 2 aromatic carbocycles. The fourth-order valence-corrected chi connectivity index (χ4v) is 5.61. The lowest BCUT2D eigenvalue weighted by Gasteiger charge is -2.33. The molecule has 1 aliphatic carbocycles. The van der Waals surface area contributed by atoms with Gasteiger partial charge in [0.25, 0.3) is 0 Å². The molecule has 2 aromatic rings. The van der Waals surface area contributed by atoms with Gasteiger partial charge in [0.05, 0.1) is 31.8 Å². The molecule has 0 aromatic heterocycles. The van der Waals surface area contributed by atoms with E-state index in [2.05, 4.69) is 7.05 Å². The molecule has 0 radical (unpaired) electrons. The average Bonchev–Trinajstić information content (AvgIpc) is 3.49. The lowest BCUT2D eigenvalue weighted by atomic mass is 9.80. The summed E-state index contributed by atoms with van der Waals surface area (Å²) in [4.78, 5) is 13.4. The quantitative estimate of drug-likeness (QED) is 0.319. The summed E-state index contributed by atoms with van der Waals surface area (Å²) in [5, 5.41) is 12.3. The normalized spacial score (nSPS) is 25.0. The van der Waals surface area contributed by atoms with Gasteiger partial charge in [0, 0.05) is 18.8 Å². The van der Waals surface area contributed by atoms with Crippen molar-refractivity contribution in [3.8, 4) is 5.75 Å². The standard InChI is InChI=1S/C27H35ClNO4/c1-29(17-9-19-32-25-15-8-7-14-24(25)28)18-16-23(20-29)33-26(30)27(31,22-12-5-6-13-22)21-10-3-2-4-11-21/h2-4,7-8,10-11,14-15,22-23,31H,5-6,9,12-13,16-20H2,1H3/q+1/t23?,27-,29?/m0/s1. The number of rotatable bonds is 9. The number of carbonyl (C=O) groups excluding carboxylic acids is 1. The maximum Gasteiger partial charge on any atom is 0.343 e. The van der Waals surface area contributed by atoms with Gasteiger partial charge >= 0.3 is 5.97 Å². The van der Waals surface area contributed by atoms with Crippen LogP contribution in [0, 0.1) is 5.92 Å². The first-order valence-electron chi connectivity index (χ1n) is 12.1. The summed E-state index contributed by atoms with van der Waals surface area (Å²) >= 11 is 6.16. The molecule has 178 valence electrons. The van der Waals surface area contributed by atoms with Gasteiger partial charge in [0.1, 0.15) is 12.3 Å². The summed E-state index contributed by atoms with van der Waals surface area (Å²) < 4.78 is 12.6. The number of quaternary nitrogens is 1. The van der Waals surface area contributed by atoms with Crippen molar-refractivity contribution < 1.29 is 23.9 Å². The van der Waals surface area contributed by atoms with Crippen LogP contribution < -0.4 is 4.74 Å². The number of para-hydroxylation sites is 1. The summed E-state index contributed by atoms with van der Waals surface area (Å²) in [7, 11) is 2.20. The van der Waals surface area contributed by atoms with Gasteiger partial charge in [0.2, 0.25) is 0 Å². The number of nitrogens with zero attached hydrogens (tertiary/aromatic N) is 1. The highest BCUT2D eigenvalue weighted by Crippen LogP contribution is 2.42. The number of esters is 1. The van der Waals surface area contributed by atoms with Crippen LogP contribution in [-0.4, -0.2) is 55.0 Å². The summed E-state index contributed by atoms with van der Waals surface area (Å²) in [6.07, 6.45) is 5.31. The highest BCUT2D eigenvalue weighted by Gasteiger charge is 2.49. The predicted octanol–water partition coefficient (Wildman–Crippen LogP) is 4.95. The third kappa shape index (κ3) is 5.53. The molecule has 2 aliphatic rings. The molecule has 6 heteroatoms. The smallest absolute Gasteiger partial charge is 0.343 e. The number of halogens is 1. The maximum atomic E-state index is 13.4. The van der Waals surface area contributed by atoms with Gasteiger partial charge in [-0.05, 0) is 30.5 Å². The minimum Gasteiger partial charge on any atom is -0.492 e. The third-order valence-corrected chi connectivity index (χ3v) is 7.63. The first-order chi connectivity index (χ1) is 15.9. The van der Waals surface area contributed by atoms with Crippen LogP contribution in [-0.2, 0) is 15.1 Å². The fraction of sp³-hybridized carbons (Fsp3) is 0.519. The second-order valence-corrected chi connectivity index (χ2v) is 10.2. The first kappa shape index (κ1) is 24.1. The van der Waals surface area contributed by atoms with Gasteiger partial charge < -0.3 is 19.1 Å². The summed E-state index contributed by atoms with van der Waals surface area (Å²) in [6.45, 7) is 3.23. The number of likely N-dealkylation sites (tertiary alicyclic amines) is 1. The average molecular weight is 473 g/mol. The Morgan fingerprint density at radius 3 is 2.52 bits per heavy atom. The second-order valence-electron chi connectivity index (χ2n) is 9.81. The largest absolute Gasteiger partial charge is 0.492 e. The number of aliphatic hydroxyl groups is 1. The highest BCUT2D eigenvalue weighted by molar-refractivity contribution is 6.32. The van der Waals surface area contributed by atoms with Gasteiger partial charge in [-0.15, -0.1) is 0 Å². The zero-order chi connectivity index (χ0) is 23.3. The second kappa shape index (κ2) is 10.5. The van der Waals surface area contributed by atoms with Crippen molar-refractivity contribution in [2.45, 2.75) is 50.2 Å². The molecule has 5 nitrogen and oxygen atoms in total. The molecule has 0 amide bonds. The molecule has 0 spiro atoms. The molecule has 1 aliphatic heterocycles. The number of ether oxygens (including phenoxy) is 2. The van der Waals surface area contributed by atoms with Crippen molar-refractivity contribution in [1.82, 2.24) is 0 Å². The highest BCUT2D eigenvalue weighted by atomic mass is 35.5. The van der Waals surface area contributed by atoms with Gasteiger partial charge in [-0.25, -0.2) is 4.79 Å². The topological polar surface area (TPSA) is 55.8 Å². The molecule has 1 heterocycles. The van der Waals surface area contributed by atoms with Crippen LogP contribution in [0.3, 0.4) is 0 Å². The summed E-state index contributed by atoms with van der Waals surface area (Å²) in [6, 6.07) is 16.8. The molecule has 3 atom stereocenters. The predicted molar refractivity (Wildman–Crippen MR) is 129 cm³/mol. The Morgan fingerprint density at radius 2 is 1.79 bits per heavy atom. The van der Waals surface area contributed by atoms with Crippen molar-refractivity contribution in [2.24, 2.45) is 5.92 Å². The van der Waals surface area contributed by atoms with E-state index in [-0.39, 0.29) is 12.0 Å². The van der Waals surface area contributed by atoms with Crippen LogP contribution in [0.4, 0.5) is 0 Å². The van der Waals surface area contributed by atoms with Crippen molar-refractivity contribution in [2.75, 3.05) is 33.3 Å². The Labute approximate surface area is 201 Å². The minimum absolute atomic E-state index is 0.0864. The SMILES string of the molecule is C[N+]1(CCCOc2ccccc2Cl)CCC(OC(=O)[C@](O)(c2ccccc2)C2CCCC2)C1. The third-order valence-electron chi connectivity index (χ3n) is 7.32. The molecule has 1 saturated heterocycles. The van der Waals surface area contributed by atoms with Gasteiger partial charge in [0.15, 0.2) is 11.7 Å². The van der Waals surface area contributed by atoms with E-state index in [4.69, 9.17) is 21.1 Å². The Hall–Kier alpha value is -2.08. The molecule has 0 bridgehead atoms.